The number of primary amides is 1. The van der Waals surface area contributed by atoms with Crippen molar-refractivity contribution in [1.82, 2.24) is 10.3 Å². The van der Waals surface area contributed by atoms with Gasteiger partial charge in [0.2, 0.25) is 11.8 Å². The molecule has 1 saturated heterocycles. The van der Waals surface area contributed by atoms with Crippen LogP contribution in [0.25, 0.3) is 0 Å². The maximum absolute atomic E-state index is 11.9. The Morgan fingerprint density at radius 3 is 2.84 bits per heavy atom. The van der Waals surface area contributed by atoms with Gasteiger partial charge in [0, 0.05) is 26.2 Å². The lowest BCUT2D eigenvalue weighted by Gasteiger charge is -2.17. The number of anilines is 1. The molecular weight excluding hydrogens is 248 g/mol. The summed E-state index contributed by atoms with van der Waals surface area (Å²) in [6.45, 7) is 0.162. The molecule has 0 aromatic carbocycles. The molecule has 3 N–H and O–H groups in total. The van der Waals surface area contributed by atoms with Crippen LogP contribution in [-0.2, 0) is 9.59 Å². The van der Waals surface area contributed by atoms with E-state index in [4.69, 9.17) is 5.73 Å². The van der Waals surface area contributed by atoms with Gasteiger partial charge in [0.15, 0.2) is 0 Å². The van der Waals surface area contributed by atoms with Gasteiger partial charge in [-0.05, 0) is 12.1 Å². The number of nitrogens with two attached hydrogens (primary N) is 1. The molecule has 7 heteroatoms. The second-order valence-corrected chi connectivity index (χ2v) is 4.26. The van der Waals surface area contributed by atoms with Gasteiger partial charge in [-0.1, -0.05) is 0 Å². The van der Waals surface area contributed by atoms with Crippen molar-refractivity contribution in [2.24, 2.45) is 11.7 Å². The molecule has 3 amide bonds. The highest BCUT2D eigenvalue weighted by molar-refractivity contribution is 6.05. The smallest absolute Gasteiger partial charge is 0.254 e. The Bertz CT molecular complexity index is 544. The van der Waals surface area contributed by atoms with Crippen molar-refractivity contribution in [3.8, 4) is 0 Å². The van der Waals surface area contributed by atoms with Crippen molar-refractivity contribution < 1.29 is 14.4 Å². The van der Waals surface area contributed by atoms with Crippen molar-refractivity contribution in [3.05, 3.63) is 23.9 Å². The number of aromatic nitrogens is 1. The monoisotopic (exact) mass is 262 g/mol. The third-order valence-electron chi connectivity index (χ3n) is 3.04. The molecule has 1 atom stereocenters. The molecule has 0 spiro atoms. The fourth-order valence-corrected chi connectivity index (χ4v) is 2.03. The van der Waals surface area contributed by atoms with Gasteiger partial charge in [0.25, 0.3) is 5.91 Å². The van der Waals surface area contributed by atoms with Crippen molar-refractivity contribution in [2.75, 3.05) is 18.5 Å². The molecule has 1 aliphatic heterocycles. The topological polar surface area (TPSA) is 105 Å². The zero-order chi connectivity index (χ0) is 14.0. The van der Waals surface area contributed by atoms with Crippen LogP contribution in [-0.4, -0.2) is 36.3 Å². The van der Waals surface area contributed by atoms with Crippen LogP contribution in [0.5, 0.6) is 0 Å². The Morgan fingerprint density at radius 1 is 1.53 bits per heavy atom. The highest BCUT2D eigenvalue weighted by atomic mass is 16.2. The van der Waals surface area contributed by atoms with Crippen molar-refractivity contribution >= 4 is 23.5 Å². The highest BCUT2D eigenvalue weighted by Gasteiger charge is 2.36. The van der Waals surface area contributed by atoms with Gasteiger partial charge in [-0.15, -0.1) is 0 Å². The number of carbonyl (C=O) groups excluding carboxylic acids is 3. The minimum atomic E-state index is -0.535. The fraction of sp³-hybridized carbons (Fsp3) is 0.333. The zero-order valence-corrected chi connectivity index (χ0v) is 10.4. The Labute approximate surface area is 109 Å². The van der Waals surface area contributed by atoms with Gasteiger partial charge in [-0.25, -0.2) is 4.98 Å². The maximum Gasteiger partial charge on any atom is 0.254 e. The summed E-state index contributed by atoms with van der Waals surface area (Å²) in [4.78, 5) is 40.2. The van der Waals surface area contributed by atoms with E-state index in [2.05, 4.69) is 10.3 Å². The Hall–Kier alpha value is -2.44. The van der Waals surface area contributed by atoms with Crippen LogP contribution in [0, 0.1) is 5.92 Å². The molecule has 0 saturated carbocycles. The normalized spacial score (nSPS) is 18.5. The number of rotatable bonds is 3. The third-order valence-corrected chi connectivity index (χ3v) is 3.04. The average molecular weight is 262 g/mol. The first kappa shape index (κ1) is 13.0. The average Bonchev–Trinajstić information content (AvgIpc) is 2.80. The lowest BCUT2D eigenvalue weighted by atomic mass is 10.1. The molecule has 2 rings (SSSR count). The summed E-state index contributed by atoms with van der Waals surface area (Å²) in [6, 6.07) is 3.19. The number of amides is 3. The first-order valence-electron chi connectivity index (χ1n) is 5.81. The molecule has 0 bridgehead atoms. The third kappa shape index (κ3) is 2.40. The summed E-state index contributed by atoms with van der Waals surface area (Å²) in [5.74, 6) is -1.39. The summed E-state index contributed by atoms with van der Waals surface area (Å²) in [7, 11) is 1.50. The summed E-state index contributed by atoms with van der Waals surface area (Å²) in [5.41, 5.74) is 5.50. The largest absolute Gasteiger partial charge is 0.369 e. The van der Waals surface area contributed by atoms with Crippen LogP contribution in [0.3, 0.4) is 0 Å². The number of hydrogen-bond donors (Lipinski definition) is 2. The fourth-order valence-electron chi connectivity index (χ4n) is 2.03. The molecule has 7 nitrogen and oxygen atoms in total. The van der Waals surface area contributed by atoms with Gasteiger partial charge in [0.05, 0.1) is 11.5 Å². The summed E-state index contributed by atoms with van der Waals surface area (Å²) < 4.78 is 0. The molecule has 2 heterocycles. The number of nitrogens with one attached hydrogen (secondary N) is 1. The van der Waals surface area contributed by atoms with Crippen LogP contribution in [0.2, 0.25) is 0 Å². The predicted molar refractivity (Wildman–Crippen MR) is 67.3 cm³/mol. The summed E-state index contributed by atoms with van der Waals surface area (Å²) >= 11 is 0. The van der Waals surface area contributed by atoms with Crippen LogP contribution >= 0.6 is 0 Å². The van der Waals surface area contributed by atoms with Crippen molar-refractivity contribution in [1.29, 1.82) is 0 Å². The van der Waals surface area contributed by atoms with E-state index in [9.17, 15) is 14.4 Å². The van der Waals surface area contributed by atoms with Gasteiger partial charge in [-0.2, -0.15) is 0 Å². The van der Waals surface area contributed by atoms with Crippen molar-refractivity contribution in [3.63, 3.8) is 0 Å². The highest BCUT2D eigenvalue weighted by Crippen LogP contribution is 2.25. The van der Waals surface area contributed by atoms with E-state index in [0.29, 0.717) is 5.56 Å². The summed E-state index contributed by atoms with van der Waals surface area (Å²) in [5, 5.41) is 2.49. The van der Waals surface area contributed by atoms with E-state index in [0.717, 1.165) is 0 Å². The van der Waals surface area contributed by atoms with Crippen LogP contribution in [0.1, 0.15) is 16.8 Å². The molecule has 1 unspecified atom stereocenters. The first-order valence-corrected chi connectivity index (χ1v) is 5.81. The molecule has 1 aromatic heterocycles. The van der Waals surface area contributed by atoms with Gasteiger partial charge in [0.1, 0.15) is 5.82 Å². The van der Waals surface area contributed by atoms with Gasteiger partial charge in [-0.3, -0.25) is 19.3 Å². The van der Waals surface area contributed by atoms with Gasteiger partial charge >= 0.3 is 0 Å². The Kier molecular flexibility index (Phi) is 3.46. The molecule has 0 radical (unpaired) electrons. The molecule has 0 aliphatic carbocycles. The number of hydrogen-bond acceptors (Lipinski definition) is 4. The molecular formula is C12H14N4O3. The quantitative estimate of drug-likeness (QED) is 0.749. The summed E-state index contributed by atoms with van der Waals surface area (Å²) in [6.07, 6.45) is 1.55. The van der Waals surface area contributed by atoms with Crippen LogP contribution in [0.4, 0.5) is 5.82 Å². The number of carbonyl (C=O) groups is 3. The zero-order valence-electron chi connectivity index (χ0n) is 10.4. The first-order chi connectivity index (χ1) is 9.04. The van der Waals surface area contributed by atoms with E-state index in [1.54, 1.807) is 12.1 Å². The van der Waals surface area contributed by atoms with Crippen LogP contribution in [0.15, 0.2) is 18.3 Å². The van der Waals surface area contributed by atoms with E-state index in [1.165, 1.54) is 18.1 Å². The minimum absolute atomic E-state index is 0.0547. The molecule has 19 heavy (non-hydrogen) atoms. The van der Waals surface area contributed by atoms with Crippen molar-refractivity contribution in [2.45, 2.75) is 6.42 Å². The van der Waals surface area contributed by atoms with E-state index < -0.39 is 11.8 Å². The van der Waals surface area contributed by atoms with Gasteiger partial charge < -0.3 is 11.1 Å². The number of nitrogens with zero attached hydrogens (tertiary/aromatic N) is 2. The second kappa shape index (κ2) is 5.05. The van der Waals surface area contributed by atoms with E-state index in [-0.39, 0.29) is 30.6 Å². The Balaban J connectivity index is 2.35. The maximum atomic E-state index is 11.9. The van der Waals surface area contributed by atoms with E-state index in [1.807, 2.05) is 0 Å². The van der Waals surface area contributed by atoms with Crippen LogP contribution < -0.4 is 16.0 Å². The number of pyridine rings is 1. The Morgan fingerprint density at radius 2 is 2.26 bits per heavy atom. The molecule has 1 aromatic rings. The minimum Gasteiger partial charge on any atom is -0.369 e. The standard InChI is InChI=1S/C12H14N4O3/c1-14-12(19)8-3-2-4-15-11(8)16-6-7(10(13)18)5-9(16)17/h2-4,7H,5-6H2,1H3,(H2,13,18)(H,14,19). The lowest BCUT2D eigenvalue weighted by Crippen LogP contribution is -2.31. The van der Waals surface area contributed by atoms with E-state index >= 15 is 0 Å². The second-order valence-electron chi connectivity index (χ2n) is 4.26. The lowest BCUT2D eigenvalue weighted by molar-refractivity contribution is -0.123. The molecule has 100 valence electrons. The SMILES string of the molecule is CNC(=O)c1cccnc1N1CC(C(N)=O)CC1=O. The molecule has 1 aliphatic rings. The predicted octanol–water partition coefficient (Wildman–Crippen LogP) is -0.721. The molecule has 1 fully saturated rings.